The fourth-order valence-electron chi connectivity index (χ4n) is 2.86. The Morgan fingerprint density at radius 1 is 1.38 bits per heavy atom. The van der Waals surface area contributed by atoms with Gasteiger partial charge in [-0.25, -0.2) is 13.4 Å². The van der Waals surface area contributed by atoms with E-state index in [1.54, 1.807) is 4.31 Å². The summed E-state index contributed by atoms with van der Waals surface area (Å²) >= 11 is 0. The summed E-state index contributed by atoms with van der Waals surface area (Å²) < 4.78 is 27.5. The molecule has 0 saturated heterocycles. The average Bonchev–Trinajstić information content (AvgIpc) is 3.09. The number of imidazole rings is 1. The summed E-state index contributed by atoms with van der Waals surface area (Å²) in [5.74, 6) is 1.22. The monoisotopic (exact) mass is 313 g/mol. The Labute approximate surface area is 128 Å². The number of aromatic nitrogens is 2. The van der Waals surface area contributed by atoms with Crippen LogP contribution in [0.3, 0.4) is 0 Å². The number of H-pyrrole nitrogens is 1. The van der Waals surface area contributed by atoms with Crippen LogP contribution >= 0.6 is 0 Å². The Hall–Kier alpha value is -0.880. The van der Waals surface area contributed by atoms with Crippen molar-refractivity contribution in [3.05, 3.63) is 12.0 Å². The van der Waals surface area contributed by atoms with Crippen LogP contribution in [0.2, 0.25) is 0 Å². The molecule has 1 fully saturated rings. The maximum Gasteiger partial charge on any atom is 0.260 e. The zero-order valence-corrected chi connectivity index (χ0v) is 14.1. The number of hydrogen-bond acceptors (Lipinski definition) is 3. The van der Waals surface area contributed by atoms with Crippen LogP contribution in [-0.4, -0.2) is 35.3 Å². The van der Waals surface area contributed by atoms with E-state index in [9.17, 15) is 8.42 Å². The van der Waals surface area contributed by atoms with Crippen molar-refractivity contribution < 1.29 is 8.42 Å². The molecule has 5 nitrogen and oxygen atoms in total. The fraction of sp³-hybridized carbons (Fsp3) is 0.800. The lowest BCUT2D eigenvalue weighted by molar-refractivity contribution is 0.304. The molecule has 1 aromatic heterocycles. The van der Waals surface area contributed by atoms with E-state index in [0.717, 1.165) is 37.9 Å². The summed E-state index contributed by atoms with van der Waals surface area (Å²) in [6.07, 6.45) is 7.28. The Morgan fingerprint density at radius 2 is 2.05 bits per heavy atom. The highest BCUT2D eigenvalue weighted by Gasteiger charge is 2.34. The molecule has 1 aliphatic carbocycles. The van der Waals surface area contributed by atoms with Gasteiger partial charge in [-0.1, -0.05) is 33.6 Å². The van der Waals surface area contributed by atoms with Crippen LogP contribution in [0, 0.1) is 5.92 Å². The quantitative estimate of drug-likeness (QED) is 0.841. The predicted molar refractivity (Wildman–Crippen MR) is 83.6 cm³/mol. The van der Waals surface area contributed by atoms with E-state index in [2.05, 4.69) is 23.8 Å². The predicted octanol–water partition coefficient (Wildman–Crippen LogP) is 2.95. The third-order valence-corrected chi connectivity index (χ3v) is 6.05. The summed E-state index contributed by atoms with van der Waals surface area (Å²) in [6, 6.07) is 0.155. The Balaban J connectivity index is 2.24. The minimum absolute atomic E-state index is 0.155. The first-order valence-corrected chi connectivity index (χ1v) is 9.45. The van der Waals surface area contributed by atoms with Crippen molar-refractivity contribution >= 4 is 10.0 Å². The molecular weight excluding hydrogens is 286 g/mol. The van der Waals surface area contributed by atoms with Crippen molar-refractivity contribution in [2.45, 2.75) is 70.4 Å². The third-order valence-electron chi connectivity index (χ3n) is 4.19. The molecule has 0 aromatic carbocycles. The first-order valence-electron chi connectivity index (χ1n) is 8.01. The molecule has 0 amide bonds. The Bertz CT molecular complexity index is 545. The van der Waals surface area contributed by atoms with E-state index in [1.165, 1.54) is 6.20 Å². The molecule has 0 radical (unpaired) electrons. The van der Waals surface area contributed by atoms with Gasteiger partial charge >= 0.3 is 0 Å². The van der Waals surface area contributed by atoms with E-state index >= 15 is 0 Å². The van der Waals surface area contributed by atoms with Gasteiger partial charge in [-0.05, 0) is 25.2 Å². The van der Waals surface area contributed by atoms with Crippen LogP contribution in [0.4, 0.5) is 0 Å². The second-order valence-corrected chi connectivity index (χ2v) is 8.14. The Morgan fingerprint density at radius 3 is 2.57 bits per heavy atom. The molecule has 120 valence electrons. The second-order valence-electron chi connectivity index (χ2n) is 6.28. The van der Waals surface area contributed by atoms with Crippen LogP contribution in [0.5, 0.6) is 0 Å². The van der Waals surface area contributed by atoms with E-state index in [-0.39, 0.29) is 11.1 Å². The number of hydrogen-bond donors (Lipinski definition) is 1. The molecule has 0 bridgehead atoms. The zero-order valence-electron chi connectivity index (χ0n) is 13.3. The van der Waals surface area contributed by atoms with Crippen molar-refractivity contribution in [1.82, 2.24) is 14.3 Å². The van der Waals surface area contributed by atoms with Crippen LogP contribution in [0.1, 0.15) is 58.7 Å². The van der Waals surface area contributed by atoms with Crippen LogP contribution in [0.15, 0.2) is 11.2 Å². The fourth-order valence-corrected chi connectivity index (χ4v) is 4.49. The maximum absolute atomic E-state index is 12.9. The number of nitrogens with one attached hydrogen (secondary N) is 1. The molecular formula is C15H27N3O2S. The molecule has 0 atom stereocenters. The van der Waals surface area contributed by atoms with Gasteiger partial charge in [-0.2, -0.15) is 4.31 Å². The van der Waals surface area contributed by atoms with Gasteiger partial charge in [0.15, 0.2) is 5.03 Å². The third kappa shape index (κ3) is 3.86. The second kappa shape index (κ2) is 6.92. The van der Waals surface area contributed by atoms with Crippen molar-refractivity contribution in [3.63, 3.8) is 0 Å². The lowest BCUT2D eigenvalue weighted by Gasteiger charge is -2.28. The molecule has 1 aliphatic rings. The van der Waals surface area contributed by atoms with Gasteiger partial charge in [-0.15, -0.1) is 0 Å². The smallest absolute Gasteiger partial charge is 0.260 e. The maximum atomic E-state index is 12.9. The largest absolute Gasteiger partial charge is 0.332 e. The molecule has 0 spiro atoms. The lowest BCUT2D eigenvalue weighted by Crippen LogP contribution is -2.40. The molecule has 0 aliphatic heterocycles. The number of aryl methyl sites for hydroxylation is 1. The topological polar surface area (TPSA) is 66.1 Å². The van der Waals surface area contributed by atoms with Gasteiger partial charge < -0.3 is 4.98 Å². The van der Waals surface area contributed by atoms with Crippen molar-refractivity contribution in [3.8, 4) is 0 Å². The molecule has 0 unspecified atom stereocenters. The number of nitrogens with zero attached hydrogens (tertiary/aromatic N) is 2. The zero-order chi connectivity index (χ0) is 15.5. The van der Waals surface area contributed by atoms with Crippen molar-refractivity contribution in [1.29, 1.82) is 0 Å². The molecule has 6 heteroatoms. The SMILES string of the molecule is CCc1ncc(S(=O)(=O)N(CCC(C)C)C2CCCC2)[nH]1. The van der Waals surface area contributed by atoms with Crippen LogP contribution in [0.25, 0.3) is 0 Å². The van der Waals surface area contributed by atoms with Crippen LogP contribution < -0.4 is 0 Å². The number of aromatic amines is 1. The lowest BCUT2D eigenvalue weighted by atomic mass is 10.1. The Kier molecular flexibility index (Phi) is 5.43. The molecule has 1 heterocycles. The van der Waals surface area contributed by atoms with Gasteiger partial charge in [0.1, 0.15) is 5.82 Å². The van der Waals surface area contributed by atoms with E-state index in [0.29, 0.717) is 18.9 Å². The van der Waals surface area contributed by atoms with E-state index in [1.807, 2.05) is 6.92 Å². The average molecular weight is 313 g/mol. The van der Waals surface area contributed by atoms with Crippen molar-refractivity contribution in [2.24, 2.45) is 5.92 Å². The highest BCUT2D eigenvalue weighted by Crippen LogP contribution is 2.28. The molecule has 2 rings (SSSR count). The van der Waals surface area contributed by atoms with Crippen molar-refractivity contribution in [2.75, 3.05) is 6.54 Å². The summed E-state index contributed by atoms with van der Waals surface area (Å²) in [5.41, 5.74) is 0. The summed E-state index contributed by atoms with van der Waals surface area (Å²) in [7, 11) is -3.45. The highest BCUT2D eigenvalue weighted by molar-refractivity contribution is 7.89. The minimum atomic E-state index is -3.45. The van der Waals surface area contributed by atoms with Crippen LogP contribution in [-0.2, 0) is 16.4 Å². The summed E-state index contributed by atoms with van der Waals surface area (Å²) in [4.78, 5) is 7.10. The van der Waals surface area contributed by atoms with Gasteiger partial charge in [0, 0.05) is 19.0 Å². The summed E-state index contributed by atoms with van der Waals surface area (Å²) in [5, 5.41) is 0.245. The molecule has 1 aromatic rings. The van der Waals surface area contributed by atoms with Gasteiger partial charge in [-0.3, -0.25) is 0 Å². The van der Waals surface area contributed by atoms with Gasteiger partial charge in [0.25, 0.3) is 10.0 Å². The van der Waals surface area contributed by atoms with E-state index < -0.39 is 10.0 Å². The molecule has 21 heavy (non-hydrogen) atoms. The molecule has 1 N–H and O–H groups in total. The number of sulfonamides is 1. The van der Waals surface area contributed by atoms with E-state index in [4.69, 9.17) is 0 Å². The first-order chi connectivity index (χ1) is 9.95. The normalized spacial score (nSPS) is 17.2. The molecule has 1 saturated carbocycles. The van der Waals surface area contributed by atoms with Gasteiger partial charge in [0.05, 0.1) is 6.20 Å². The highest BCUT2D eigenvalue weighted by atomic mass is 32.2. The number of rotatable bonds is 7. The minimum Gasteiger partial charge on any atom is -0.332 e. The summed E-state index contributed by atoms with van der Waals surface area (Å²) in [6.45, 7) is 6.82. The first kappa shape index (κ1) is 16.5. The standard InChI is InChI=1S/C15H27N3O2S/c1-4-14-16-11-15(17-14)21(19,20)18(10-9-12(2)3)13-7-5-6-8-13/h11-13H,4-10H2,1-3H3,(H,16,17). The van der Waals surface area contributed by atoms with Gasteiger partial charge in [0.2, 0.25) is 0 Å².